The first-order valence-electron chi connectivity index (χ1n) is 6.58. The van der Waals surface area contributed by atoms with E-state index in [0.29, 0.717) is 22.6 Å². The number of aromatic amines is 1. The Labute approximate surface area is 122 Å². The Morgan fingerprint density at radius 1 is 0.905 bits per heavy atom. The van der Waals surface area contributed by atoms with Crippen LogP contribution >= 0.6 is 0 Å². The molecule has 0 aliphatic rings. The van der Waals surface area contributed by atoms with E-state index in [1.54, 1.807) is 14.2 Å². The smallest absolute Gasteiger partial charge is 0.260 e. The molecule has 0 spiro atoms. The summed E-state index contributed by atoms with van der Waals surface area (Å²) in [6.07, 6.45) is 0. The summed E-state index contributed by atoms with van der Waals surface area (Å²) in [6, 6.07) is 15.0. The van der Waals surface area contributed by atoms with Crippen molar-refractivity contribution in [2.45, 2.75) is 0 Å². The summed E-state index contributed by atoms with van der Waals surface area (Å²) in [4.78, 5) is 15.4. The first kappa shape index (κ1) is 13.2. The van der Waals surface area contributed by atoms with Crippen molar-refractivity contribution >= 4 is 10.9 Å². The second kappa shape index (κ2) is 5.32. The first-order valence-corrected chi connectivity index (χ1v) is 6.58. The number of para-hydroxylation sites is 2. The molecular formula is C17H15NO3. The molecule has 0 atom stereocenters. The van der Waals surface area contributed by atoms with Gasteiger partial charge < -0.3 is 14.5 Å². The Hall–Kier alpha value is -2.75. The van der Waals surface area contributed by atoms with Crippen LogP contribution in [-0.2, 0) is 0 Å². The predicted molar refractivity (Wildman–Crippen MR) is 83.1 cm³/mol. The van der Waals surface area contributed by atoms with Gasteiger partial charge in [0.15, 0.2) is 0 Å². The number of methoxy groups -OCH3 is 2. The maximum atomic E-state index is 12.5. The van der Waals surface area contributed by atoms with E-state index in [-0.39, 0.29) is 5.56 Å². The van der Waals surface area contributed by atoms with Crippen LogP contribution in [0.5, 0.6) is 11.5 Å². The molecule has 0 aliphatic heterocycles. The Morgan fingerprint density at radius 2 is 1.62 bits per heavy atom. The number of benzene rings is 2. The number of rotatable bonds is 3. The Kier molecular flexibility index (Phi) is 3.36. The van der Waals surface area contributed by atoms with Crippen molar-refractivity contribution in [1.82, 2.24) is 4.98 Å². The average molecular weight is 281 g/mol. The number of ether oxygens (including phenoxy) is 2. The Balaban J connectivity index is 2.42. The van der Waals surface area contributed by atoms with Crippen molar-refractivity contribution in [2.24, 2.45) is 0 Å². The topological polar surface area (TPSA) is 51.3 Å². The number of aromatic nitrogens is 1. The van der Waals surface area contributed by atoms with Gasteiger partial charge in [0.2, 0.25) is 0 Å². The molecule has 0 saturated heterocycles. The third-order valence-corrected chi connectivity index (χ3v) is 3.45. The van der Waals surface area contributed by atoms with Crippen LogP contribution in [0.15, 0.2) is 53.3 Å². The van der Waals surface area contributed by atoms with Crippen molar-refractivity contribution in [3.63, 3.8) is 0 Å². The minimum Gasteiger partial charge on any atom is -0.496 e. The maximum Gasteiger partial charge on any atom is 0.260 e. The van der Waals surface area contributed by atoms with Crippen LogP contribution < -0.4 is 15.0 Å². The number of nitrogens with one attached hydrogen (secondary N) is 1. The second-order valence-electron chi connectivity index (χ2n) is 4.61. The lowest BCUT2D eigenvalue weighted by Gasteiger charge is -2.13. The highest BCUT2D eigenvalue weighted by Crippen LogP contribution is 2.37. The summed E-state index contributed by atoms with van der Waals surface area (Å²) in [7, 11) is 3.15. The molecule has 3 aromatic rings. The molecule has 0 radical (unpaired) electrons. The zero-order chi connectivity index (χ0) is 14.8. The van der Waals surface area contributed by atoms with E-state index in [1.807, 2.05) is 48.5 Å². The zero-order valence-electron chi connectivity index (χ0n) is 11.8. The van der Waals surface area contributed by atoms with Gasteiger partial charge in [-0.3, -0.25) is 4.79 Å². The number of H-pyrrole nitrogens is 1. The third kappa shape index (κ3) is 2.14. The molecule has 0 fully saturated rings. The molecule has 0 aliphatic carbocycles. The molecule has 0 saturated carbocycles. The number of hydrogen-bond donors (Lipinski definition) is 1. The summed E-state index contributed by atoms with van der Waals surface area (Å²) < 4.78 is 10.9. The van der Waals surface area contributed by atoms with E-state index < -0.39 is 0 Å². The molecule has 3 rings (SSSR count). The van der Waals surface area contributed by atoms with Gasteiger partial charge in [-0.2, -0.15) is 0 Å². The van der Waals surface area contributed by atoms with Gasteiger partial charge in [0.05, 0.1) is 25.3 Å². The minimum absolute atomic E-state index is 0.199. The summed E-state index contributed by atoms with van der Waals surface area (Å²) in [5.74, 6) is 1.19. The SMILES string of the molecule is COc1ccccc1-c1c(OC)c2ccccc2[nH]c1=O. The van der Waals surface area contributed by atoms with Crippen molar-refractivity contribution < 1.29 is 9.47 Å². The molecule has 1 aromatic heterocycles. The van der Waals surface area contributed by atoms with Crippen molar-refractivity contribution in [2.75, 3.05) is 14.2 Å². The van der Waals surface area contributed by atoms with E-state index >= 15 is 0 Å². The van der Waals surface area contributed by atoms with Crippen LogP contribution in [0.1, 0.15) is 0 Å². The highest BCUT2D eigenvalue weighted by molar-refractivity contribution is 5.93. The molecule has 21 heavy (non-hydrogen) atoms. The van der Waals surface area contributed by atoms with Gasteiger partial charge in [0.1, 0.15) is 11.5 Å². The molecule has 1 N–H and O–H groups in total. The molecule has 0 bridgehead atoms. The zero-order valence-corrected chi connectivity index (χ0v) is 11.8. The van der Waals surface area contributed by atoms with Gasteiger partial charge in [-0.1, -0.05) is 30.3 Å². The summed E-state index contributed by atoms with van der Waals surface area (Å²) in [5.41, 5.74) is 1.74. The summed E-state index contributed by atoms with van der Waals surface area (Å²) in [5, 5.41) is 0.862. The summed E-state index contributed by atoms with van der Waals surface area (Å²) in [6.45, 7) is 0. The molecule has 0 amide bonds. The van der Waals surface area contributed by atoms with Crippen LogP contribution in [-0.4, -0.2) is 19.2 Å². The molecule has 4 nitrogen and oxygen atoms in total. The van der Waals surface area contributed by atoms with Crippen molar-refractivity contribution in [3.05, 3.63) is 58.9 Å². The molecule has 4 heteroatoms. The van der Waals surface area contributed by atoms with Gasteiger partial charge >= 0.3 is 0 Å². The highest BCUT2D eigenvalue weighted by Gasteiger charge is 2.17. The van der Waals surface area contributed by atoms with E-state index in [1.165, 1.54) is 0 Å². The monoisotopic (exact) mass is 281 g/mol. The molecule has 0 unspecified atom stereocenters. The van der Waals surface area contributed by atoms with Gasteiger partial charge in [-0.05, 0) is 18.2 Å². The minimum atomic E-state index is -0.199. The summed E-state index contributed by atoms with van der Waals surface area (Å²) >= 11 is 0. The fourth-order valence-corrected chi connectivity index (χ4v) is 2.52. The number of pyridine rings is 1. The van der Waals surface area contributed by atoms with Crippen molar-refractivity contribution in [3.8, 4) is 22.6 Å². The van der Waals surface area contributed by atoms with E-state index in [9.17, 15) is 4.79 Å². The number of fused-ring (bicyclic) bond motifs is 1. The molecule has 106 valence electrons. The molecular weight excluding hydrogens is 266 g/mol. The lowest BCUT2D eigenvalue weighted by atomic mass is 10.0. The fraction of sp³-hybridized carbons (Fsp3) is 0.118. The number of hydrogen-bond acceptors (Lipinski definition) is 3. The average Bonchev–Trinajstić information content (AvgIpc) is 2.53. The quantitative estimate of drug-likeness (QED) is 0.802. The second-order valence-corrected chi connectivity index (χ2v) is 4.61. The lowest BCUT2D eigenvalue weighted by molar-refractivity contribution is 0.412. The first-order chi connectivity index (χ1) is 10.3. The van der Waals surface area contributed by atoms with Gasteiger partial charge in [-0.25, -0.2) is 0 Å². The molecule has 1 heterocycles. The van der Waals surface area contributed by atoms with E-state index in [2.05, 4.69) is 4.98 Å². The van der Waals surface area contributed by atoms with E-state index in [0.717, 1.165) is 10.9 Å². The van der Waals surface area contributed by atoms with Crippen LogP contribution in [0.4, 0.5) is 0 Å². The maximum absolute atomic E-state index is 12.5. The fourth-order valence-electron chi connectivity index (χ4n) is 2.52. The highest BCUT2D eigenvalue weighted by atomic mass is 16.5. The van der Waals surface area contributed by atoms with Gasteiger partial charge in [-0.15, -0.1) is 0 Å². The van der Waals surface area contributed by atoms with Crippen LogP contribution in [0, 0.1) is 0 Å². The van der Waals surface area contributed by atoms with Crippen LogP contribution in [0.25, 0.3) is 22.0 Å². The molecule has 2 aromatic carbocycles. The lowest BCUT2D eigenvalue weighted by Crippen LogP contribution is -2.11. The van der Waals surface area contributed by atoms with Crippen LogP contribution in [0.3, 0.4) is 0 Å². The Morgan fingerprint density at radius 3 is 2.38 bits per heavy atom. The predicted octanol–water partition coefficient (Wildman–Crippen LogP) is 3.21. The van der Waals surface area contributed by atoms with E-state index in [4.69, 9.17) is 9.47 Å². The Bertz CT molecular complexity index is 852. The normalized spacial score (nSPS) is 10.6. The van der Waals surface area contributed by atoms with Gasteiger partial charge in [0.25, 0.3) is 5.56 Å². The van der Waals surface area contributed by atoms with Crippen molar-refractivity contribution in [1.29, 1.82) is 0 Å². The standard InChI is InChI=1S/C17H15NO3/c1-20-14-10-6-4-8-12(14)15-16(21-2)11-7-3-5-9-13(11)18-17(15)19/h3-10H,1-2H3,(H,18,19). The largest absolute Gasteiger partial charge is 0.496 e. The van der Waals surface area contributed by atoms with Crippen LogP contribution in [0.2, 0.25) is 0 Å². The van der Waals surface area contributed by atoms with Gasteiger partial charge in [0, 0.05) is 10.9 Å². The third-order valence-electron chi connectivity index (χ3n) is 3.45.